The average molecular weight is 414 g/mol. The molecule has 0 aliphatic heterocycles. The van der Waals surface area contributed by atoms with Crippen LogP contribution in [0.3, 0.4) is 0 Å². The van der Waals surface area contributed by atoms with Gasteiger partial charge in [-0.05, 0) is 33.1 Å². The molecular formula is C17H18ClF2N5OS. The van der Waals surface area contributed by atoms with Gasteiger partial charge in [0, 0.05) is 25.0 Å². The van der Waals surface area contributed by atoms with Crippen molar-refractivity contribution in [1.82, 2.24) is 19.9 Å². The van der Waals surface area contributed by atoms with E-state index in [1.54, 1.807) is 0 Å². The Hall–Kier alpha value is -2.23. The van der Waals surface area contributed by atoms with Crippen molar-refractivity contribution in [3.05, 3.63) is 48.1 Å². The van der Waals surface area contributed by atoms with Crippen LogP contribution in [0, 0.1) is 11.6 Å². The van der Waals surface area contributed by atoms with E-state index in [1.165, 1.54) is 29.6 Å². The maximum atomic E-state index is 14.0. The van der Waals surface area contributed by atoms with Crippen molar-refractivity contribution < 1.29 is 13.6 Å². The minimum Gasteiger partial charge on any atom is -0.309 e. The molecule has 0 spiro atoms. The van der Waals surface area contributed by atoms with Crippen LogP contribution in [-0.4, -0.2) is 52.9 Å². The Kier molecular flexibility index (Phi) is 7.11. The standard InChI is InChI=1S/C17H17F2N5OS.ClH/c1-23(2)6-3-7-24(16(25)13-10-20-4-5-21-13)17-22-15-12(19)8-11(18)9-14(15)26-17;/h4-5,8-10H,3,6-7H2,1-2H3;1H. The minimum atomic E-state index is -0.748. The molecule has 2 heterocycles. The van der Waals surface area contributed by atoms with Gasteiger partial charge in [0.1, 0.15) is 17.0 Å². The third-order valence-electron chi connectivity index (χ3n) is 3.65. The molecule has 2 aromatic heterocycles. The van der Waals surface area contributed by atoms with Gasteiger partial charge in [0.2, 0.25) is 0 Å². The number of benzene rings is 1. The summed E-state index contributed by atoms with van der Waals surface area (Å²) in [5.41, 5.74) is 0.221. The van der Waals surface area contributed by atoms with Crippen molar-refractivity contribution in [2.75, 3.05) is 32.1 Å². The van der Waals surface area contributed by atoms with Gasteiger partial charge in [0.05, 0.1) is 10.9 Å². The molecular weight excluding hydrogens is 396 g/mol. The number of rotatable bonds is 6. The highest BCUT2D eigenvalue weighted by Gasteiger charge is 2.23. The summed E-state index contributed by atoms with van der Waals surface area (Å²) in [4.78, 5) is 28.5. The van der Waals surface area contributed by atoms with Crippen molar-refractivity contribution in [3.63, 3.8) is 0 Å². The Morgan fingerprint density at radius 2 is 1.96 bits per heavy atom. The first-order valence-corrected chi connectivity index (χ1v) is 8.75. The van der Waals surface area contributed by atoms with Crippen molar-refractivity contribution in [3.8, 4) is 0 Å². The van der Waals surface area contributed by atoms with E-state index in [2.05, 4.69) is 15.0 Å². The first kappa shape index (κ1) is 21.1. The second-order valence-electron chi connectivity index (χ2n) is 5.94. The van der Waals surface area contributed by atoms with Crippen molar-refractivity contribution in [1.29, 1.82) is 0 Å². The quantitative estimate of drug-likeness (QED) is 0.620. The Morgan fingerprint density at radius 1 is 1.19 bits per heavy atom. The molecule has 0 fully saturated rings. The maximum absolute atomic E-state index is 14.0. The Bertz CT molecular complexity index is 922. The third kappa shape index (κ3) is 4.94. The van der Waals surface area contributed by atoms with Crippen LogP contribution < -0.4 is 4.90 Å². The number of hydrogen-bond donors (Lipinski definition) is 0. The van der Waals surface area contributed by atoms with Crippen LogP contribution in [0.15, 0.2) is 30.7 Å². The summed E-state index contributed by atoms with van der Waals surface area (Å²) in [6, 6.07) is 2.00. The predicted octanol–water partition coefficient (Wildman–Crippen LogP) is 3.38. The first-order valence-electron chi connectivity index (χ1n) is 7.94. The molecule has 0 bridgehead atoms. The molecule has 0 unspecified atom stereocenters. The lowest BCUT2D eigenvalue weighted by molar-refractivity contribution is 0.0981. The fourth-order valence-electron chi connectivity index (χ4n) is 2.44. The second-order valence-corrected chi connectivity index (χ2v) is 6.94. The van der Waals surface area contributed by atoms with Gasteiger partial charge in [0.15, 0.2) is 10.9 Å². The van der Waals surface area contributed by atoms with Crippen molar-refractivity contribution in [2.45, 2.75) is 6.42 Å². The Morgan fingerprint density at radius 3 is 2.63 bits per heavy atom. The van der Waals surface area contributed by atoms with E-state index >= 15 is 0 Å². The summed E-state index contributed by atoms with van der Waals surface area (Å²) in [6.45, 7) is 1.13. The van der Waals surface area contributed by atoms with Gasteiger partial charge in [-0.15, -0.1) is 12.4 Å². The minimum absolute atomic E-state index is 0. The zero-order valence-corrected chi connectivity index (χ0v) is 16.4. The van der Waals surface area contributed by atoms with E-state index < -0.39 is 11.6 Å². The largest absolute Gasteiger partial charge is 0.309 e. The van der Waals surface area contributed by atoms with Crippen LogP contribution in [-0.2, 0) is 0 Å². The highest BCUT2D eigenvalue weighted by atomic mass is 35.5. The van der Waals surface area contributed by atoms with Crippen molar-refractivity contribution >= 4 is 45.0 Å². The fourth-order valence-corrected chi connectivity index (χ4v) is 3.47. The molecule has 0 radical (unpaired) electrons. The molecule has 6 nitrogen and oxygen atoms in total. The zero-order chi connectivity index (χ0) is 18.7. The number of halogens is 3. The summed E-state index contributed by atoms with van der Waals surface area (Å²) in [5, 5.41) is 0.305. The molecule has 144 valence electrons. The molecule has 0 aliphatic rings. The molecule has 10 heteroatoms. The maximum Gasteiger partial charge on any atom is 0.280 e. The normalized spacial score (nSPS) is 10.9. The number of anilines is 1. The number of aromatic nitrogens is 3. The topological polar surface area (TPSA) is 62.2 Å². The average Bonchev–Trinajstić information content (AvgIpc) is 3.02. The first-order chi connectivity index (χ1) is 12.5. The molecule has 3 rings (SSSR count). The van der Waals surface area contributed by atoms with Crippen LogP contribution in [0.1, 0.15) is 16.9 Å². The number of carbonyl (C=O) groups excluding carboxylic acids is 1. The number of thiazole rings is 1. The van der Waals surface area contributed by atoms with Gasteiger partial charge in [-0.25, -0.2) is 18.7 Å². The van der Waals surface area contributed by atoms with Gasteiger partial charge < -0.3 is 4.90 Å². The molecule has 0 saturated heterocycles. The van der Waals surface area contributed by atoms with E-state index in [1.807, 2.05) is 19.0 Å². The van der Waals surface area contributed by atoms with E-state index in [0.717, 1.165) is 23.9 Å². The SMILES string of the molecule is CN(C)CCCN(C(=O)c1cnccn1)c1nc2c(F)cc(F)cc2s1.Cl. The smallest absolute Gasteiger partial charge is 0.280 e. The molecule has 0 saturated carbocycles. The number of amides is 1. The van der Waals surface area contributed by atoms with Crippen LogP contribution >= 0.6 is 23.7 Å². The molecule has 27 heavy (non-hydrogen) atoms. The molecule has 1 amide bonds. The number of carbonyl (C=O) groups is 1. The van der Waals surface area contributed by atoms with Gasteiger partial charge >= 0.3 is 0 Å². The molecule has 3 aromatic rings. The molecule has 0 N–H and O–H groups in total. The van der Waals surface area contributed by atoms with E-state index in [9.17, 15) is 13.6 Å². The lowest BCUT2D eigenvalue weighted by Gasteiger charge is -2.20. The van der Waals surface area contributed by atoms with Gasteiger partial charge in [0.25, 0.3) is 5.91 Å². The fraction of sp³-hybridized carbons (Fsp3) is 0.294. The third-order valence-corrected chi connectivity index (χ3v) is 4.67. The van der Waals surface area contributed by atoms with Gasteiger partial charge in [-0.2, -0.15) is 0 Å². The van der Waals surface area contributed by atoms with E-state index in [-0.39, 0.29) is 29.5 Å². The molecule has 0 atom stereocenters. The Balaban J connectivity index is 0.00000261. The van der Waals surface area contributed by atoms with Gasteiger partial charge in [-0.1, -0.05) is 11.3 Å². The van der Waals surface area contributed by atoms with E-state index in [0.29, 0.717) is 22.8 Å². The zero-order valence-electron chi connectivity index (χ0n) is 14.7. The summed E-state index contributed by atoms with van der Waals surface area (Å²) >= 11 is 1.07. The van der Waals surface area contributed by atoms with Crippen LogP contribution in [0.5, 0.6) is 0 Å². The monoisotopic (exact) mass is 413 g/mol. The lowest BCUT2D eigenvalue weighted by atomic mass is 10.3. The lowest BCUT2D eigenvalue weighted by Crippen LogP contribution is -2.34. The predicted molar refractivity (Wildman–Crippen MR) is 104 cm³/mol. The second kappa shape index (κ2) is 9.12. The van der Waals surface area contributed by atoms with Crippen molar-refractivity contribution in [2.24, 2.45) is 0 Å². The summed E-state index contributed by atoms with van der Waals surface area (Å²) in [5.74, 6) is -1.80. The summed E-state index contributed by atoms with van der Waals surface area (Å²) in [7, 11) is 3.87. The number of fused-ring (bicyclic) bond motifs is 1. The van der Waals surface area contributed by atoms with E-state index in [4.69, 9.17) is 0 Å². The van der Waals surface area contributed by atoms with Crippen LogP contribution in [0.2, 0.25) is 0 Å². The van der Waals surface area contributed by atoms with Crippen LogP contribution in [0.4, 0.5) is 13.9 Å². The van der Waals surface area contributed by atoms with Crippen LogP contribution in [0.25, 0.3) is 10.2 Å². The highest BCUT2D eigenvalue weighted by Crippen LogP contribution is 2.31. The highest BCUT2D eigenvalue weighted by molar-refractivity contribution is 7.22. The Labute approximate surface area is 165 Å². The molecule has 1 aromatic carbocycles. The molecule has 0 aliphatic carbocycles. The number of hydrogen-bond acceptors (Lipinski definition) is 6. The summed E-state index contributed by atoms with van der Waals surface area (Å²) in [6.07, 6.45) is 4.96. The number of nitrogens with zero attached hydrogens (tertiary/aromatic N) is 5. The summed E-state index contributed by atoms with van der Waals surface area (Å²) < 4.78 is 27.8. The van der Waals surface area contributed by atoms with Gasteiger partial charge in [-0.3, -0.25) is 14.7 Å².